The molecule has 0 heterocycles. The van der Waals surface area contributed by atoms with Gasteiger partial charge in [0, 0.05) is 19.7 Å². The molecule has 0 spiro atoms. The van der Waals surface area contributed by atoms with Gasteiger partial charge in [-0.1, -0.05) is 38.1 Å². The Morgan fingerprint density at radius 1 is 1.17 bits per heavy atom. The summed E-state index contributed by atoms with van der Waals surface area (Å²) in [7, 11) is 0. The van der Waals surface area contributed by atoms with Gasteiger partial charge < -0.3 is 10.1 Å². The molecule has 0 amide bonds. The van der Waals surface area contributed by atoms with Gasteiger partial charge >= 0.3 is 0 Å². The highest BCUT2D eigenvalue weighted by atomic mass is 16.5. The van der Waals surface area contributed by atoms with Crippen LogP contribution in [0.5, 0.6) is 0 Å². The van der Waals surface area contributed by atoms with E-state index in [1.54, 1.807) is 0 Å². The van der Waals surface area contributed by atoms with Gasteiger partial charge in [0.05, 0.1) is 5.60 Å². The van der Waals surface area contributed by atoms with Crippen molar-refractivity contribution in [1.29, 1.82) is 0 Å². The van der Waals surface area contributed by atoms with E-state index in [0.29, 0.717) is 5.92 Å². The van der Waals surface area contributed by atoms with Crippen LogP contribution in [0.4, 0.5) is 0 Å². The Bertz CT molecular complexity index is 341. The van der Waals surface area contributed by atoms with Crippen molar-refractivity contribution in [3.8, 4) is 0 Å². The lowest BCUT2D eigenvalue weighted by atomic mass is 10.0. The van der Waals surface area contributed by atoms with Crippen LogP contribution in [0.1, 0.15) is 51.7 Å². The summed E-state index contributed by atoms with van der Waals surface area (Å²) in [5, 5.41) is 3.45. The number of benzene rings is 1. The van der Waals surface area contributed by atoms with E-state index in [4.69, 9.17) is 4.74 Å². The van der Waals surface area contributed by atoms with Crippen molar-refractivity contribution in [3.63, 3.8) is 0 Å². The quantitative estimate of drug-likeness (QED) is 0.795. The van der Waals surface area contributed by atoms with Crippen molar-refractivity contribution in [3.05, 3.63) is 35.4 Å². The second-order valence-corrected chi connectivity index (χ2v) is 5.69. The van der Waals surface area contributed by atoms with Gasteiger partial charge in [-0.3, -0.25) is 0 Å². The summed E-state index contributed by atoms with van der Waals surface area (Å²) in [5.74, 6) is 0.601. The molecule has 1 aromatic rings. The third-order valence-corrected chi connectivity index (χ3v) is 3.06. The molecule has 18 heavy (non-hydrogen) atoms. The lowest BCUT2D eigenvalue weighted by Crippen LogP contribution is -2.37. The minimum atomic E-state index is -0.0907. The Labute approximate surface area is 112 Å². The predicted octanol–water partition coefficient (Wildman–Crippen LogP) is 3.71. The highest BCUT2D eigenvalue weighted by Gasteiger charge is 2.16. The van der Waals surface area contributed by atoms with Crippen molar-refractivity contribution in [2.75, 3.05) is 13.2 Å². The van der Waals surface area contributed by atoms with Crippen molar-refractivity contribution in [1.82, 2.24) is 5.32 Å². The van der Waals surface area contributed by atoms with Crippen LogP contribution in [-0.4, -0.2) is 18.8 Å². The Morgan fingerprint density at radius 3 is 2.28 bits per heavy atom. The number of rotatable bonds is 7. The topological polar surface area (TPSA) is 21.3 Å². The highest BCUT2D eigenvalue weighted by molar-refractivity contribution is 5.24. The van der Waals surface area contributed by atoms with Gasteiger partial charge in [-0.15, -0.1) is 0 Å². The molecule has 0 atom stereocenters. The first kappa shape index (κ1) is 15.2. The van der Waals surface area contributed by atoms with E-state index < -0.39 is 0 Å². The summed E-state index contributed by atoms with van der Waals surface area (Å²) < 4.78 is 5.66. The van der Waals surface area contributed by atoms with Crippen molar-refractivity contribution in [2.45, 2.75) is 52.7 Å². The van der Waals surface area contributed by atoms with Crippen LogP contribution in [0.2, 0.25) is 0 Å². The maximum Gasteiger partial charge on any atom is 0.0750 e. The Kier molecular flexibility index (Phi) is 5.83. The smallest absolute Gasteiger partial charge is 0.0750 e. The zero-order valence-electron chi connectivity index (χ0n) is 12.4. The van der Waals surface area contributed by atoms with Crippen LogP contribution in [0.15, 0.2) is 24.3 Å². The summed E-state index contributed by atoms with van der Waals surface area (Å²) in [4.78, 5) is 0. The first-order valence-corrected chi connectivity index (χ1v) is 6.88. The maximum atomic E-state index is 5.66. The number of ether oxygens (including phenoxy) is 1. The van der Waals surface area contributed by atoms with E-state index in [2.05, 4.69) is 57.3 Å². The Hall–Kier alpha value is -0.860. The van der Waals surface area contributed by atoms with Crippen molar-refractivity contribution >= 4 is 0 Å². The third-order valence-electron chi connectivity index (χ3n) is 3.06. The average Bonchev–Trinajstić information content (AvgIpc) is 2.29. The minimum Gasteiger partial charge on any atom is -0.375 e. The molecule has 2 heteroatoms. The van der Waals surface area contributed by atoms with Gasteiger partial charge in [-0.05, 0) is 37.8 Å². The normalized spacial score (nSPS) is 12.1. The molecule has 1 aromatic carbocycles. The van der Waals surface area contributed by atoms with E-state index in [-0.39, 0.29) is 5.60 Å². The average molecular weight is 249 g/mol. The number of hydrogen-bond donors (Lipinski definition) is 1. The van der Waals surface area contributed by atoms with E-state index in [1.165, 1.54) is 11.1 Å². The van der Waals surface area contributed by atoms with Crippen LogP contribution in [0, 0.1) is 0 Å². The van der Waals surface area contributed by atoms with Gasteiger partial charge in [0.1, 0.15) is 0 Å². The lowest BCUT2D eigenvalue weighted by molar-refractivity contribution is -0.00897. The molecule has 0 unspecified atom stereocenters. The van der Waals surface area contributed by atoms with Crippen LogP contribution in [0.25, 0.3) is 0 Å². The minimum absolute atomic E-state index is 0.0907. The molecule has 102 valence electrons. The van der Waals surface area contributed by atoms with Crippen LogP contribution in [0.3, 0.4) is 0 Å². The van der Waals surface area contributed by atoms with Crippen LogP contribution >= 0.6 is 0 Å². The SMILES string of the molecule is CCOC(C)(C)CNCc1ccc(C(C)C)cc1. The van der Waals surface area contributed by atoms with Crippen molar-refractivity contribution < 1.29 is 4.74 Å². The van der Waals surface area contributed by atoms with E-state index in [1.807, 2.05) is 6.92 Å². The summed E-state index contributed by atoms with van der Waals surface area (Å²) in [6, 6.07) is 8.84. The molecule has 0 fully saturated rings. The van der Waals surface area contributed by atoms with Crippen LogP contribution in [-0.2, 0) is 11.3 Å². The largest absolute Gasteiger partial charge is 0.375 e. The Morgan fingerprint density at radius 2 is 1.78 bits per heavy atom. The summed E-state index contributed by atoms with van der Waals surface area (Å²) in [6.45, 7) is 13.2. The standard InChI is InChI=1S/C16H27NO/c1-6-18-16(4,5)12-17-11-14-7-9-15(10-8-14)13(2)3/h7-10,13,17H,6,11-12H2,1-5H3. The molecule has 0 radical (unpaired) electrons. The van der Waals surface area contributed by atoms with Gasteiger partial charge in [-0.25, -0.2) is 0 Å². The first-order valence-electron chi connectivity index (χ1n) is 6.88. The molecule has 0 bridgehead atoms. The second kappa shape index (κ2) is 6.91. The molecule has 0 saturated heterocycles. The monoisotopic (exact) mass is 249 g/mol. The highest BCUT2D eigenvalue weighted by Crippen LogP contribution is 2.14. The van der Waals surface area contributed by atoms with Gasteiger partial charge in [0.15, 0.2) is 0 Å². The molecule has 0 aliphatic carbocycles. The summed E-state index contributed by atoms with van der Waals surface area (Å²) >= 11 is 0. The maximum absolute atomic E-state index is 5.66. The zero-order valence-corrected chi connectivity index (χ0v) is 12.4. The molecule has 1 N–H and O–H groups in total. The molecule has 0 aliphatic heterocycles. The zero-order chi connectivity index (χ0) is 13.6. The molecule has 2 nitrogen and oxygen atoms in total. The van der Waals surface area contributed by atoms with E-state index in [0.717, 1.165) is 19.7 Å². The molecular formula is C16H27NO. The van der Waals surface area contributed by atoms with Gasteiger partial charge in [0.2, 0.25) is 0 Å². The fourth-order valence-corrected chi connectivity index (χ4v) is 1.97. The molecular weight excluding hydrogens is 222 g/mol. The molecule has 0 aromatic heterocycles. The molecule has 0 saturated carbocycles. The van der Waals surface area contributed by atoms with E-state index in [9.17, 15) is 0 Å². The number of nitrogens with one attached hydrogen (secondary N) is 1. The summed E-state index contributed by atoms with van der Waals surface area (Å²) in [6.07, 6.45) is 0. The predicted molar refractivity (Wildman–Crippen MR) is 77.9 cm³/mol. The fraction of sp³-hybridized carbons (Fsp3) is 0.625. The number of hydrogen-bond acceptors (Lipinski definition) is 2. The third kappa shape index (κ3) is 5.19. The van der Waals surface area contributed by atoms with Gasteiger partial charge in [0.25, 0.3) is 0 Å². The molecule has 0 aliphatic rings. The van der Waals surface area contributed by atoms with Crippen molar-refractivity contribution in [2.24, 2.45) is 0 Å². The molecule has 1 rings (SSSR count). The van der Waals surface area contributed by atoms with Gasteiger partial charge in [-0.2, -0.15) is 0 Å². The first-order chi connectivity index (χ1) is 8.44. The van der Waals surface area contributed by atoms with E-state index >= 15 is 0 Å². The van der Waals surface area contributed by atoms with Crippen LogP contribution < -0.4 is 5.32 Å². The Balaban J connectivity index is 2.40. The summed E-state index contributed by atoms with van der Waals surface area (Å²) in [5.41, 5.74) is 2.63. The lowest BCUT2D eigenvalue weighted by Gasteiger charge is -2.25. The second-order valence-electron chi connectivity index (χ2n) is 5.69. The fourth-order valence-electron chi connectivity index (χ4n) is 1.97.